The molecule has 152 valence electrons. The second-order valence-electron chi connectivity index (χ2n) is 7.40. The van der Waals surface area contributed by atoms with E-state index in [2.05, 4.69) is 38.3 Å². The van der Waals surface area contributed by atoms with Gasteiger partial charge in [0, 0.05) is 42.9 Å². The Morgan fingerprint density at radius 1 is 1.28 bits per heavy atom. The molecule has 1 aromatic carbocycles. The molecule has 1 fully saturated rings. The normalized spacial score (nSPS) is 15.0. The molecular formula is C21H25FN6O. The van der Waals surface area contributed by atoms with E-state index >= 15 is 0 Å². The van der Waals surface area contributed by atoms with Crippen LogP contribution in [0.1, 0.15) is 37.4 Å². The predicted octanol–water partition coefficient (Wildman–Crippen LogP) is 2.75. The van der Waals surface area contributed by atoms with E-state index in [0.29, 0.717) is 11.3 Å². The van der Waals surface area contributed by atoms with Gasteiger partial charge in [0.25, 0.3) is 5.78 Å². The number of aromatic nitrogens is 4. The van der Waals surface area contributed by atoms with Crippen LogP contribution in [0.15, 0.2) is 36.7 Å². The molecule has 4 rings (SSSR count). The molecule has 0 aliphatic carbocycles. The molecule has 0 bridgehead atoms. The van der Waals surface area contributed by atoms with Crippen LogP contribution >= 0.6 is 0 Å². The lowest BCUT2D eigenvalue weighted by Crippen LogP contribution is -2.41. The highest BCUT2D eigenvalue weighted by molar-refractivity contribution is 5.79. The lowest BCUT2D eigenvalue weighted by Gasteiger charge is -2.33. The molecule has 0 saturated carbocycles. The van der Waals surface area contributed by atoms with Crippen LogP contribution in [-0.4, -0.2) is 38.6 Å². The van der Waals surface area contributed by atoms with Crippen LogP contribution in [0.5, 0.6) is 0 Å². The summed E-state index contributed by atoms with van der Waals surface area (Å²) in [6, 6.07) is 8.60. The number of piperidine rings is 1. The zero-order chi connectivity index (χ0) is 20.2. The summed E-state index contributed by atoms with van der Waals surface area (Å²) in [5.74, 6) is 1.21. The molecule has 1 saturated heterocycles. The molecule has 0 spiro atoms. The number of halogens is 1. The number of nitrogens with one attached hydrogen (secondary N) is 1. The summed E-state index contributed by atoms with van der Waals surface area (Å²) < 4.78 is 15.5. The lowest BCUT2D eigenvalue weighted by molar-refractivity contribution is -0.125. The summed E-state index contributed by atoms with van der Waals surface area (Å²) in [5.41, 5.74) is 1.51. The lowest BCUT2D eigenvalue weighted by atomic mass is 9.95. The molecule has 1 aliphatic rings. The minimum absolute atomic E-state index is 0.0137. The van der Waals surface area contributed by atoms with Gasteiger partial charge in [-0.1, -0.05) is 31.5 Å². The highest BCUT2D eigenvalue weighted by Gasteiger charge is 2.26. The topological polar surface area (TPSA) is 75.4 Å². The van der Waals surface area contributed by atoms with Crippen molar-refractivity contribution in [2.45, 2.75) is 39.2 Å². The summed E-state index contributed by atoms with van der Waals surface area (Å²) in [6.07, 6.45) is 4.91. The average molecular weight is 396 g/mol. The number of carbonyl (C=O) groups excluding carboxylic acids is 1. The van der Waals surface area contributed by atoms with Crippen LogP contribution in [0, 0.1) is 11.7 Å². The number of nitrogens with zero attached hydrogens (tertiary/aromatic N) is 5. The Morgan fingerprint density at radius 3 is 2.83 bits per heavy atom. The van der Waals surface area contributed by atoms with E-state index in [1.165, 1.54) is 12.4 Å². The largest absolute Gasteiger partial charge is 0.356 e. The van der Waals surface area contributed by atoms with Crippen LogP contribution in [-0.2, 0) is 17.8 Å². The SMILES string of the molecule is CCCc1cc(N2CCC(C(=O)NCc3ccccc3F)CC2)n2ncnc2n1. The highest BCUT2D eigenvalue weighted by atomic mass is 19.1. The van der Waals surface area contributed by atoms with Gasteiger partial charge in [-0.3, -0.25) is 4.79 Å². The Labute approximate surface area is 169 Å². The molecule has 3 heterocycles. The number of benzene rings is 1. The standard InChI is InChI=1S/C21H25FN6O/c1-2-5-17-12-19(28-21(26-17)24-14-25-28)27-10-8-15(9-11-27)20(29)23-13-16-6-3-4-7-18(16)22/h3-4,6-7,12,14-15H,2,5,8-11,13H2,1H3,(H,23,29). The molecule has 2 aromatic heterocycles. The quantitative estimate of drug-likeness (QED) is 0.693. The average Bonchev–Trinajstić information content (AvgIpc) is 3.21. The van der Waals surface area contributed by atoms with Gasteiger partial charge < -0.3 is 10.2 Å². The third-order valence-corrected chi connectivity index (χ3v) is 5.39. The van der Waals surface area contributed by atoms with Gasteiger partial charge in [-0.05, 0) is 25.3 Å². The Hall–Kier alpha value is -3.03. The summed E-state index contributed by atoms with van der Waals surface area (Å²) >= 11 is 0. The summed E-state index contributed by atoms with van der Waals surface area (Å²) in [4.78, 5) is 23.6. The number of hydrogen-bond acceptors (Lipinski definition) is 5. The highest BCUT2D eigenvalue weighted by Crippen LogP contribution is 2.24. The van der Waals surface area contributed by atoms with Crippen molar-refractivity contribution in [1.29, 1.82) is 0 Å². The minimum Gasteiger partial charge on any atom is -0.356 e. The van der Waals surface area contributed by atoms with Gasteiger partial charge >= 0.3 is 0 Å². The second kappa shape index (κ2) is 8.55. The number of anilines is 1. The molecule has 7 nitrogen and oxygen atoms in total. The van der Waals surface area contributed by atoms with E-state index in [1.807, 2.05) is 0 Å². The predicted molar refractivity (Wildman–Crippen MR) is 108 cm³/mol. The number of rotatable bonds is 6. The van der Waals surface area contributed by atoms with Crippen molar-refractivity contribution < 1.29 is 9.18 Å². The van der Waals surface area contributed by atoms with Gasteiger partial charge in [0.1, 0.15) is 18.0 Å². The summed E-state index contributed by atoms with van der Waals surface area (Å²) in [6.45, 7) is 3.85. The number of aryl methyl sites for hydroxylation is 1. The second-order valence-corrected chi connectivity index (χ2v) is 7.40. The molecule has 29 heavy (non-hydrogen) atoms. The van der Waals surface area contributed by atoms with Gasteiger partial charge in [0.15, 0.2) is 0 Å². The third kappa shape index (κ3) is 4.21. The maximum Gasteiger partial charge on any atom is 0.254 e. The summed E-state index contributed by atoms with van der Waals surface area (Å²) in [5, 5.41) is 7.19. The molecule has 3 aromatic rings. The number of fused-ring (bicyclic) bond motifs is 1. The first-order valence-electron chi connectivity index (χ1n) is 10.1. The van der Waals surface area contributed by atoms with Gasteiger partial charge in [-0.15, -0.1) is 0 Å². The smallest absolute Gasteiger partial charge is 0.254 e. The number of amides is 1. The molecule has 0 atom stereocenters. The molecule has 0 unspecified atom stereocenters. The molecule has 1 N–H and O–H groups in total. The van der Waals surface area contributed by atoms with Crippen molar-refractivity contribution in [3.05, 3.63) is 53.7 Å². The Kier molecular flexibility index (Phi) is 5.69. The maximum absolute atomic E-state index is 13.7. The number of carbonyl (C=O) groups is 1. The molecule has 0 radical (unpaired) electrons. The van der Waals surface area contributed by atoms with Gasteiger partial charge in [-0.25, -0.2) is 9.37 Å². The first-order valence-corrected chi connectivity index (χ1v) is 10.1. The third-order valence-electron chi connectivity index (χ3n) is 5.39. The fourth-order valence-electron chi connectivity index (χ4n) is 3.79. The molecule has 1 amide bonds. The summed E-state index contributed by atoms with van der Waals surface area (Å²) in [7, 11) is 0. The minimum atomic E-state index is -0.292. The first kappa shape index (κ1) is 19.3. The Bertz CT molecular complexity index is 996. The van der Waals surface area contributed by atoms with Gasteiger partial charge in [0.05, 0.1) is 0 Å². The monoisotopic (exact) mass is 396 g/mol. The Balaban J connectivity index is 1.39. The van der Waals surface area contributed by atoms with Crippen LogP contribution < -0.4 is 10.2 Å². The van der Waals surface area contributed by atoms with Crippen molar-refractivity contribution in [2.75, 3.05) is 18.0 Å². The van der Waals surface area contributed by atoms with Crippen molar-refractivity contribution in [1.82, 2.24) is 24.9 Å². The fourth-order valence-corrected chi connectivity index (χ4v) is 3.79. The van der Waals surface area contributed by atoms with Crippen LogP contribution in [0.2, 0.25) is 0 Å². The molecule has 1 aliphatic heterocycles. The van der Waals surface area contributed by atoms with E-state index < -0.39 is 0 Å². The zero-order valence-corrected chi connectivity index (χ0v) is 16.5. The van der Waals surface area contributed by atoms with Crippen molar-refractivity contribution in [2.24, 2.45) is 5.92 Å². The number of hydrogen-bond donors (Lipinski definition) is 1. The van der Waals surface area contributed by atoms with Crippen molar-refractivity contribution >= 4 is 17.5 Å². The van der Waals surface area contributed by atoms with Crippen LogP contribution in [0.3, 0.4) is 0 Å². The first-order chi connectivity index (χ1) is 14.2. The van der Waals surface area contributed by atoms with E-state index in [-0.39, 0.29) is 24.2 Å². The van der Waals surface area contributed by atoms with E-state index in [1.54, 1.807) is 22.7 Å². The van der Waals surface area contributed by atoms with Gasteiger partial charge in [0.2, 0.25) is 5.91 Å². The van der Waals surface area contributed by atoms with Crippen molar-refractivity contribution in [3.63, 3.8) is 0 Å². The van der Waals surface area contributed by atoms with E-state index in [4.69, 9.17) is 0 Å². The fraction of sp³-hybridized carbons (Fsp3) is 0.429. The maximum atomic E-state index is 13.7. The van der Waals surface area contributed by atoms with Crippen LogP contribution in [0.4, 0.5) is 10.2 Å². The van der Waals surface area contributed by atoms with Crippen LogP contribution in [0.25, 0.3) is 5.78 Å². The zero-order valence-electron chi connectivity index (χ0n) is 16.5. The van der Waals surface area contributed by atoms with E-state index in [0.717, 1.165) is 50.3 Å². The van der Waals surface area contributed by atoms with Gasteiger partial charge in [-0.2, -0.15) is 14.6 Å². The van der Waals surface area contributed by atoms with Crippen molar-refractivity contribution in [3.8, 4) is 0 Å². The molecule has 8 heteroatoms. The molecular weight excluding hydrogens is 371 g/mol. The Morgan fingerprint density at radius 2 is 2.07 bits per heavy atom. The van der Waals surface area contributed by atoms with E-state index in [9.17, 15) is 9.18 Å².